The van der Waals surface area contributed by atoms with Gasteiger partial charge in [0.2, 0.25) is 0 Å². The van der Waals surface area contributed by atoms with E-state index in [2.05, 4.69) is 173 Å². The Balaban J connectivity index is 1.05. The van der Waals surface area contributed by atoms with E-state index < -0.39 is 0 Å². The van der Waals surface area contributed by atoms with Crippen molar-refractivity contribution in [3.63, 3.8) is 0 Å². The minimum absolute atomic E-state index is 0.655. The lowest BCUT2D eigenvalue weighted by Crippen LogP contribution is -2.00. The quantitative estimate of drug-likeness (QED) is 0.174. The van der Waals surface area contributed by atoms with Crippen LogP contribution >= 0.6 is 11.3 Å². The molecule has 5 nitrogen and oxygen atoms in total. The highest BCUT2D eigenvalue weighted by Crippen LogP contribution is 2.46. The fraction of sp³-hybridized carbons (Fsp3) is 0. The molecule has 0 fully saturated rings. The van der Waals surface area contributed by atoms with Crippen LogP contribution in [0.3, 0.4) is 0 Å². The molecule has 13 rings (SSSR count). The van der Waals surface area contributed by atoms with Gasteiger partial charge >= 0.3 is 0 Å². The number of hydrogen-bond acceptors (Lipinski definition) is 4. The van der Waals surface area contributed by atoms with Gasteiger partial charge in [-0.15, -0.1) is 11.3 Å². The van der Waals surface area contributed by atoms with E-state index in [1.54, 1.807) is 0 Å². The van der Waals surface area contributed by atoms with Crippen LogP contribution in [0.5, 0.6) is 0 Å². The summed E-state index contributed by atoms with van der Waals surface area (Å²) < 4.78 is 7.29. The van der Waals surface area contributed by atoms with Crippen molar-refractivity contribution >= 4 is 85.9 Å². The third-order valence-corrected chi connectivity index (χ3v) is 13.3. The molecule has 61 heavy (non-hydrogen) atoms. The molecule has 0 bridgehead atoms. The van der Waals surface area contributed by atoms with Crippen molar-refractivity contribution in [1.82, 2.24) is 24.1 Å². The summed E-state index contributed by atoms with van der Waals surface area (Å²) in [5, 5.41) is 9.81. The second-order valence-electron chi connectivity index (χ2n) is 15.6. The van der Waals surface area contributed by atoms with Gasteiger partial charge in [0.1, 0.15) is 0 Å². The lowest BCUT2D eigenvalue weighted by atomic mass is 9.98. The maximum atomic E-state index is 5.15. The topological polar surface area (TPSA) is 48.5 Å². The van der Waals surface area contributed by atoms with Crippen LogP contribution in [0.1, 0.15) is 0 Å². The molecule has 0 N–H and O–H groups in total. The Morgan fingerprint density at radius 2 is 0.803 bits per heavy atom. The molecule has 13 aromatic rings. The van der Waals surface area contributed by atoms with Crippen molar-refractivity contribution in [3.05, 3.63) is 200 Å². The highest BCUT2D eigenvalue weighted by atomic mass is 32.1. The zero-order valence-corrected chi connectivity index (χ0v) is 33.5. The van der Waals surface area contributed by atoms with Gasteiger partial charge in [-0.25, -0.2) is 15.0 Å². The first-order chi connectivity index (χ1) is 30.3. The average Bonchev–Trinajstić information content (AvgIpc) is 3.99. The number of hydrogen-bond donors (Lipinski definition) is 0. The smallest absolute Gasteiger partial charge is 0.164 e. The molecule has 0 aliphatic rings. The summed E-state index contributed by atoms with van der Waals surface area (Å²) in [6.45, 7) is 0. The predicted octanol–water partition coefficient (Wildman–Crippen LogP) is 14.6. The fourth-order valence-corrected chi connectivity index (χ4v) is 10.7. The molecule has 9 aromatic carbocycles. The largest absolute Gasteiger partial charge is 0.309 e. The number of nitrogens with zero attached hydrogens (tertiary/aromatic N) is 5. The lowest BCUT2D eigenvalue weighted by molar-refractivity contribution is 1.08. The summed E-state index contributed by atoms with van der Waals surface area (Å²) in [7, 11) is 0. The molecule has 0 spiro atoms. The minimum Gasteiger partial charge on any atom is -0.309 e. The summed E-state index contributed by atoms with van der Waals surface area (Å²) in [4.78, 5) is 15.3. The molecule has 0 amide bonds. The van der Waals surface area contributed by atoms with E-state index in [9.17, 15) is 0 Å². The van der Waals surface area contributed by atoms with Crippen molar-refractivity contribution in [1.29, 1.82) is 0 Å². The number of rotatable bonds is 5. The number of benzene rings is 9. The first-order valence-corrected chi connectivity index (χ1v) is 21.3. The zero-order valence-electron chi connectivity index (χ0n) is 32.7. The first kappa shape index (κ1) is 34.0. The van der Waals surface area contributed by atoms with Crippen molar-refractivity contribution in [2.24, 2.45) is 0 Å². The van der Waals surface area contributed by atoms with Gasteiger partial charge in [0, 0.05) is 69.8 Å². The van der Waals surface area contributed by atoms with E-state index in [4.69, 9.17) is 15.0 Å². The minimum atomic E-state index is 0.655. The second-order valence-corrected chi connectivity index (χ2v) is 16.6. The van der Waals surface area contributed by atoms with Crippen LogP contribution in [-0.2, 0) is 0 Å². The van der Waals surface area contributed by atoms with Crippen LogP contribution in [0, 0.1) is 0 Å². The Morgan fingerprint density at radius 3 is 1.41 bits per heavy atom. The summed E-state index contributed by atoms with van der Waals surface area (Å²) >= 11 is 1.82. The van der Waals surface area contributed by atoms with Gasteiger partial charge in [-0.05, 0) is 71.4 Å². The van der Waals surface area contributed by atoms with Crippen LogP contribution in [-0.4, -0.2) is 24.1 Å². The molecule has 6 heteroatoms. The molecule has 0 unspecified atom stereocenters. The van der Waals surface area contributed by atoms with E-state index in [1.165, 1.54) is 69.2 Å². The molecule has 0 atom stereocenters. The van der Waals surface area contributed by atoms with Gasteiger partial charge in [0.15, 0.2) is 17.5 Å². The molecular formula is C55H33N5S. The van der Waals surface area contributed by atoms with Gasteiger partial charge in [-0.2, -0.15) is 0 Å². The molecule has 284 valence electrons. The maximum Gasteiger partial charge on any atom is 0.164 e. The molecule has 4 heterocycles. The summed E-state index contributed by atoms with van der Waals surface area (Å²) in [5.41, 5.74) is 9.98. The third kappa shape index (κ3) is 5.16. The standard InChI is InChI=1S/C55H33N5S/c1-4-16-34(17-5-1)53-56-54(35-18-6-2-7-19-35)58-55(57-53)42-33-49-50(39-23-11-10-22-38(39)42)43-32-37(28-31-48(43)61-49)60-45-27-15-13-25-41(45)52-47(60)30-29-46-51(52)40-24-12-14-26-44(40)59(46)36-20-8-3-9-21-36/h1-33H. The normalized spacial score (nSPS) is 11.9. The molecule has 4 aromatic heterocycles. The molecule has 0 radical (unpaired) electrons. The van der Waals surface area contributed by atoms with Gasteiger partial charge in [-0.3, -0.25) is 0 Å². The van der Waals surface area contributed by atoms with Gasteiger partial charge in [0.25, 0.3) is 0 Å². The van der Waals surface area contributed by atoms with Crippen molar-refractivity contribution in [2.45, 2.75) is 0 Å². The average molecular weight is 796 g/mol. The zero-order chi connectivity index (χ0) is 40.0. The predicted molar refractivity (Wildman–Crippen MR) is 255 cm³/mol. The van der Waals surface area contributed by atoms with E-state index in [-0.39, 0.29) is 0 Å². The van der Waals surface area contributed by atoms with Crippen molar-refractivity contribution in [3.8, 4) is 45.5 Å². The number of para-hydroxylation sites is 3. The maximum absolute atomic E-state index is 5.15. The van der Waals surface area contributed by atoms with Crippen molar-refractivity contribution in [2.75, 3.05) is 0 Å². The van der Waals surface area contributed by atoms with Gasteiger partial charge in [0.05, 0.1) is 22.1 Å². The highest BCUT2D eigenvalue weighted by Gasteiger charge is 2.22. The Kier molecular flexibility index (Phi) is 7.41. The van der Waals surface area contributed by atoms with Crippen LogP contribution < -0.4 is 0 Å². The van der Waals surface area contributed by atoms with Crippen molar-refractivity contribution < 1.29 is 0 Å². The Labute approximate surface area is 354 Å². The Morgan fingerprint density at radius 1 is 0.311 bits per heavy atom. The van der Waals surface area contributed by atoms with Gasteiger partial charge < -0.3 is 9.13 Å². The van der Waals surface area contributed by atoms with Crippen LogP contribution in [0.2, 0.25) is 0 Å². The van der Waals surface area contributed by atoms with Crippen LogP contribution in [0.4, 0.5) is 0 Å². The molecule has 0 aliphatic carbocycles. The number of thiophene rings is 1. The van der Waals surface area contributed by atoms with E-state index in [1.807, 2.05) is 47.7 Å². The molecular weight excluding hydrogens is 763 g/mol. The van der Waals surface area contributed by atoms with Gasteiger partial charge in [-0.1, -0.05) is 140 Å². The van der Waals surface area contributed by atoms with E-state index in [0.717, 1.165) is 33.5 Å². The number of fused-ring (bicyclic) bond motifs is 12. The monoisotopic (exact) mass is 795 g/mol. The molecule has 0 saturated heterocycles. The highest BCUT2D eigenvalue weighted by molar-refractivity contribution is 7.26. The van der Waals surface area contributed by atoms with E-state index in [0.29, 0.717) is 17.5 Å². The Bertz CT molecular complexity index is 3810. The molecule has 0 saturated carbocycles. The second kappa shape index (κ2) is 13.3. The summed E-state index contributed by atoms with van der Waals surface area (Å²) in [6, 6.07) is 71.3. The summed E-state index contributed by atoms with van der Waals surface area (Å²) in [6.07, 6.45) is 0. The third-order valence-electron chi connectivity index (χ3n) is 12.1. The number of aromatic nitrogens is 5. The molecule has 0 aliphatic heterocycles. The Hall–Kier alpha value is -7.93. The van der Waals surface area contributed by atoms with E-state index >= 15 is 0 Å². The van der Waals surface area contributed by atoms with Crippen LogP contribution in [0.15, 0.2) is 200 Å². The van der Waals surface area contributed by atoms with Crippen LogP contribution in [0.25, 0.3) is 120 Å². The summed E-state index contributed by atoms with van der Waals surface area (Å²) in [5.74, 6) is 1.97. The first-order valence-electron chi connectivity index (χ1n) is 20.5. The SMILES string of the molecule is c1ccc(-c2nc(-c3ccccc3)nc(-c3cc4sc5ccc(-n6c7ccccc7c7c8c9ccccc9n(-c9ccccc9)c8ccc76)cc5c4c4ccccc34)n2)cc1. The lowest BCUT2D eigenvalue weighted by Gasteiger charge is -2.12. The fourth-order valence-electron chi connectivity index (χ4n) is 9.53.